The molecule has 0 radical (unpaired) electrons. The Labute approximate surface area is 66.4 Å². The van der Waals surface area contributed by atoms with Crippen molar-refractivity contribution in [1.82, 2.24) is 4.98 Å². The summed E-state index contributed by atoms with van der Waals surface area (Å²) in [6, 6.07) is 3.12. The van der Waals surface area contributed by atoms with Crippen molar-refractivity contribution in [2.75, 3.05) is 6.61 Å². The number of nitrogens with zero attached hydrogens (tertiary/aromatic N) is 1. The lowest BCUT2D eigenvalue weighted by Gasteiger charge is -1.98. The minimum absolute atomic E-state index is 0.0454. The molecule has 0 fully saturated rings. The normalized spacial score (nSPS) is 10.5. The molecule has 0 saturated heterocycles. The highest BCUT2D eigenvalue weighted by molar-refractivity contribution is 5.88. The van der Waals surface area contributed by atoms with Crippen molar-refractivity contribution in [1.29, 1.82) is 0 Å². The predicted molar refractivity (Wildman–Crippen MR) is 40.2 cm³/mol. The van der Waals surface area contributed by atoms with Crippen LogP contribution in [0.25, 0.3) is 0 Å². The van der Waals surface area contributed by atoms with Crippen LogP contribution in [0.4, 0.5) is 0 Å². The van der Waals surface area contributed by atoms with Gasteiger partial charge in [-0.1, -0.05) is 0 Å². The van der Waals surface area contributed by atoms with E-state index in [0.29, 0.717) is 6.61 Å². The Bertz CT molecular complexity index is 288. The number of pyridine rings is 1. The standard InChI is InChI=1S/C8H9NO2/c1-2-11-8(10)7-4-3-5-9-6-7/h3-6H,2H2,1H3/i6D. The van der Waals surface area contributed by atoms with Gasteiger partial charge in [0.25, 0.3) is 0 Å². The Morgan fingerprint density at radius 2 is 2.73 bits per heavy atom. The Morgan fingerprint density at radius 3 is 3.36 bits per heavy atom. The average molecular weight is 152 g/mol. The van der Waals surface area contributed by atoms with Gasteiger partial charge in [0.05, 0.1) is 13.5 Å². The fourth-order valence-corrected chi connectivity index (χ4v) is 0.649. The van der Waals surface area contributed by atoms with Gasteiger partial charge in [-0.15, -0.1) is 0 Å². The van der Waals surface area contributed by atoms with Gasteiger partial charge in [-0.3, -0.25) is 4.98 Å². The summed E-state index contributed by atoms with van der Waals surface area (Å²) < 4.78 is 12.0. The molecule has 0 unspecified atom stereocenters. The third-order valence-electron chi connectivity index (χ3n) is 1.10. The van der Waals surface area contributed by atoms with Crippen LogP contribution < -0.4 is 0 Å². The number of rotatable bonds is 2. The summed E-state index contributed by atoms with van der Waals surface area (Å²) in [7, 11) is 0. The van der Waals surface area contributed by atoms with Crippen LogP contribution in [0.1, 0.15) is 18.7 Å². The quantitative estimate of drug-likeness (QED) is 0.599. The average Bonchev–Trinajstić information content (AvgIpc) is 2.05. The highest BCUT2D eigenvalue weighted by Crippen LogP contribution is 1.97. The minimum atomic E-state index is -0.490. The lowest BCUT2D eigenvalue weighted by Crippen LogP contribution is -2.04. The van der Waals surface area contributed by atoms with Crippen molar-refractivity contribution in [2.24, 2.45) is 0 Å². The molecule has 1 aromatic heterocycles. The van der Waals surface area contributed by atoms with Crippen molar-refractivity contribution in [2.45, 2.75) is 6.92 Å². The van der Waals surface area contributed by atoms with E-state index in [9.17, 15) is 4.79 Å². The number of carbonyl (C=O) groups is 1. The van der Waals surface area contributed by atoms with Crippen molar-refractivity contribution < 1.29 is 10.9 Å². The lowest BCUT2D eigenvalue weighted by atomic mass is 10.3. The number of aromatic nitrogens is 1. The van der Waals surface area contributed by atoms with E-state index in [-0.39, 0.29) is 11.7 Å². The van der Waals surface area contributed by atoms with Crippen LogP contribution >= 0.6 is 0 Å². The largest absolute Gasteiger partial charge is 0.462 e. The Balaban J connectivity index is 2.87. The van der Waals surface area contributed by atoms with Gasteiger partial charge in [0.1, 0.15) is 0 Å². The lowest BCUT2D eigenvalue weighted by molar-refractivity contribution is 0.0526. The molecule has 11 heavy (non-hydrogen) atoms. The zero-order valence-electron chi connectivity index (χ0n) is 7.20. The van der Waals surface area contributed by atoms with Crippen LogP contribution in [0, 0.1) is 0 Å². The molecule has 1 heterocycles. The number of hydrogen-bond donors (Lipinski definition) is 0. The van der Waals surface area contributed by atoms with Gasteiger partial charge >= 0.3 is 5.97 Å². The van der Waals surface area contributed by atoms with E-state index in [4.69, 9.17) is 6.11 Å². The van der Waals surface area contributed by atoms with Crippen LogP contribution in [-0.4, -0.2) is 17.6 Å². The fourth-order valence-electron chi connectivity index (χ4n) is 0.649. The molecule has 1 rings (SSSR count). The fraction of sp³-hybridized carbons (Fsp3) is 0.250. The van der Waals surface area contributed by atoms with Crippen LogP contribution in [0.3, 0.4) is 0 Å². The Morgan fingerprint density at radius 1 is 1.91 bits per heavy atom. The maximum absolute atomic E-state index is 11.1. The first kappa shape index (κ1) is 6.34. The zero-order chi connectivity index (χ0) is 8.97. The van der Waals surface area contributed by atoms with Crippen LogP contribution in [0.5, 0.6) is 0 Å². The maximum Gasteiger partial charge on any atom is 0.339 e. The van der Waals surface area contributed by atoms with E-state index in [1.165, 1.54) is 12.3 Å². The number of esters is 1. The van der Waals surface area contributed by atoms with Gasteiger partial charge < -0.3 is 4.74 Å². The van der Waals surface area contributed by atoms with Gasteiger partial charge in [0.2, 0.25) is 0 Å². The third-order valence-corrected chi connectivity index (χ3v) is 1.10. The van der Waals surface area contributed by atoms with Crippen molar-refractivity contribution >= 4 is 5.97 Å². The topological polar surface area (TPSA) is 39.2 Å². The molecule has 3 nitrogen and oxygen atoms in total. The van der Waals surface area contributed by atoms with Crippen LogP contribution in [-0.2, 0) is 4.74 Å². The van der Waals surface area contributed by atoms with E-state index in [2.05, 4.69) is 4.98 Å². The molecule has 1 aromatic rings. The van der Waals surface area contributed by atoms with Gasteiger partial charge in [0, 0.05) is 12.4 Å². The predicted octanol–water partition coefficient (Wildman–Crippen LogP) is 1.26. The van der Waals surface area contributed by atoms with E-state index >= 15 is 0 Å². The number of carbonyl (C=O) groups excluding carboxylic acids is 1. The minimum Gasteiger partial charge on any atom is -0.462 e. The monoisotopic (exact) mass is 152 g/mol. The van der Waals surface area contributed by atoms with Crippen molar-refractivity contribution in [3.05, 3.63) is 30.1 Å². The molecule has 0 aromatic carbocycles. The molecule has 0 aliphatic heterocycles. The molecule has 0 saturated carbocycles. The molecule has 0 aliphatic carbocycles. The summed E-state index contributed by atoms with van der Waals surface area (Å²) in [5, 5.41) is 0. The smallest absolute Gasteiger partial charge is 0.339 e. The second-order valence-electron chi connectivity index (χ2n) is 1.88. The van der Waals surface area contributed by atoms with Gasteiger partial charge in [0.15, 0.2) is 0 Å². The molecule has 3 heteroatoms. The van der Waals surface area contributed by atoms with Gasteiger partial charge in [-0.05, 0) is 19.1 Å². The molecular weight excluding hydrogens is 142 g/mol. The number of ether oxygens (including phenoxy) is 1. The summed E-state index contributed by atoms with van der Waals surface area (Å²) in [6.07, 6.45) is 1.42. The van der Waals surface area contributed by atoms with Crippen LogP contribution in [0.2, 0.25) is 0 Å². The highest BCUT2D eigenvalue weighted by Gasteiger charge is 2.03. The van der Waals surface area contributed by atoms with E-state index in [0.717, 1.165) is 0 Å². The van der Waals surface area contributed by atoms with E-state index in [1.54, 1.807) is 13.0 Å². The first-order valence-electron chi connectivity index (χ1n) is 3.84. The molecule has 0 bridgehead atoms. The SMILES string of the molecule is [2H]c1ncccc1C(=O)OCC. The summed E-state index contributed by atoms with van der Waals surface area (Å²) in [5.41, 5.74) is 0.208. The first-order chi connectivity index (χ1) is 5.75. The molecule has 0 atom stereocenters. The number of hydrogen-bond acceptors (Lipinski definition) is 3. The van der Waals surface area contributed by atoms with Gasteiger partial charge in [-0.25, -0.2) is 4.79 Å². The molecule has 0 spiro atoms. The third kappa shape index (κ3) is 2.04. The van der Waals surface area contributed by atoms with E-state index < -0.39 is 5.97 Å². The molecule has 0 amide bonds. The molecule has 0 N–H and O–H groups in total. The summed E-state index contributed by atoms with van der Waals surface area (Å²) in [5.74, 6) is -0.490. The Hall–Kier alpha value is -1.38. The Kier molecular flexibility index (Phi) is 2.14. The molecule has 58 valence electrons. The molecular formula is C8H9NO2. The van der Waals surface area contributed by atoms with Crippen molar-refractivity contribution in [3.8, 4) is 0 Å². The second kappa shape index (κ2) is 3.71. The van der Waals surface area contributed by atoms with Gasteiger partial charge in [-0.2, -0.15) is 0 Å². The van der Waals surface area contributed by atoms with E-state index in [1.807, 2.05) is 0 Å². The summed E-state index contributed by atoms with van der Waals surface area (Å²) >= 11 is 0. The van der Waals surface area contributed by atoms with Crippen LogP contribution in [0.15, 0.2) is 24.5 Å². The zero-order valence-corrected chi connectivity index (χ0v) is 6.20. The summed E-state index contributed by atoms with van der Waals surface area (Å²) in [6.45, 7) is 2.03. The summed E-state index contributed by atoms with van der Waals surface area (Å²) in [4.78, 5) is 14.7. The molecule has 0 aliphatic rings. The first-order valence-corrected chi connectivity index (χ1v) is 3.34. The second-order valence-corrected chi connectivity index (χ2v) is 1.88. The van der Waals surface area contributed by atoms with Crippen molar-refractivity contribution in [3.63, 3.8) is 0 Å². The maximum atomic E-state index is 11.1. The highest BCUT2D eigenvalue weighted by atomic mass is 16.5.